The molecule has 1 aliphatic heterocycles. The third-order valence-corrected chi connectivity index (χ3v) is 5.67. The smallest absolute Gasteiger partial charge is 0.237 e. The largest absolute Gasteiger partial charge is 0.376 e. The van der Waals surface area contributed by atoms with Gasteiger partial charge >= 0.3 is 0 Å². The fourth-order valence-corrected chi connectivity index (χ4v) is 3.95. The van der Waals surface area contributed by atoms with Crippen molar-refractivity contribution in [1.29, 1.82) is 0 Å². The molecule has 1 aliphatic rings. The second kappa shape index (κ2) is 8.22. The Balaban J connectivity index is 1.69. The van der Waals surface area contributed by atoms with E-state index in [1.54, 1.807) is 12.1 Å². The topological polar surface area (TPSA) is 56.2 Å². The molecule has 1 N–H and O–H groups in total. The number of carbonyl (C=O) groups excluding carboxylic acids is 1. The lowest BCUT2D eigenvalue weighted by molar-refractivity contribution is -0.115. The van der Waals surface area contributed by atoms with Gasteiger partial charge in [0.15, 0.2) is 5.16 Å². The summed E-state index contributed by atoms with van der Waals surface area (Å²) in [5.74, 6) is -0.552. The minimum atomic E-state index is -0.374. The van der Waals surface area contributed by atoms with Gasteiger partial charge < -0.3 is 14.6 Å². The van der Waals surface area contributed by atoms with Crippen molar-refractivity contribution in [3.63, 3.8) is 0 Å². The molecule has 2 aromatic rings. The van der Waals surface area contributed by atoms with Gasteiger partial charge in [-0.05, 0) is 51.8 Å². The number of ether oxygens (including phenoxy) is 1. The molecule has 1 fully saturated rings. The summed E-state index contributed by atoms with van der Waals surface area (Å²) in [6, 6.07) is 5.90. The number of anilines is 1. The van der Waals surface area contributed by atoms with Crippen LogP contribution in [0.3, 0.4) is 0 Å². The summed E-state index contributed by atoms with van der Waals surface area (Å²) < 4.78 is 21.2. The molecule has 2 atom stereocenters. The number of hydrogen-bond acceptors (Lipinski definition) is 4. The molecule has 7 heteroatoms. The molecule has 0 spiro atoms. The summed E-state index contributed by atoms with van der Waals surface area (Å²) in [4.78, 5) is 17.1. The monoisotopic (exact) mass is 377 g/mol. The third-order valence-electron chi connectivity index (χ3n) is 4.58. The normalized spacial score (nSPS) is 18.1. The van der Waals surface area contributed by atoms with Crippen molar-refractivity contribution < 1.29 is 13.9 Å². The van der Waals surface area contributed by atoms with Crippen molar-refractivity contribution in [2.24, 2.45) is 0 Å². The van der Waals surface area contributed by atoms with Crippen LogP contribution in [0.25, 0.3) is 0 Å². The van der Waals surface area contributed by atoms with Gasteiger partial charge in [-0.2, -0.15) is 0 Å². The van der Waals surface area contributed by atoms with E-state index in [1.807, 2.05) is 20.8 Å². The highest BCUT2D eigenvalue weighted by atomic mass is 32.2. The van der Waals surface area contributed by atoms with Crippen LogP contribution in [-0.4, -0.2) is 33.4 Å². The van der Waals surface area contributed by atoms with Gasteiger partial charge in [0.25, 0.3) is 0 Å². The number of aromatic nitrogens is 2. The molecule has 1 saturated heterocycles. The minimum Gasteiger partial charge on any atom is -0.376 e. The summed E-state index contributed by atoms with van der Waals surface area (Å²) in [7, 11) is 0. The maximum absolute atomic E-state index is 13.3. The Morgan fingerprint density at radius 3 is 3.00 bits per heavy atom. The highest BCUT2D eigenvalue weighted by Crippen LogP contribution is 2.28. The molecule has 2 unspecified atom stereocenters. The average Bonchev–Trinajstić information content (AvgIpc) is 3.19. The van der Waals surface area contributed by atoms with Gasteiger partial charge in [0, 0.05) is 18.0 Å². The van der Waals surface area contributed by atoms with E-state index in [9.17, 15) is 9.18 Å². The molecular formula is C19H24FN3O2S. The maximum atomic E-state index is 13.3. The zero-order valence-corrected chi connectivity index (χ0v) is 16.1. The van der Waals surface area contributed by atoms with Crippen LogP contribution >= 0.6 is 11.8 Å². The van der Waals surface area contributed by atoms with Crippen LogP contribution in [0.5, 0.6) is 0 Å². The molecule has 140 valence electrons. The number of imidazole rings is 1. The number of benzene rings is 1. The Bertz CT molecular complexity index is 787. The Morgan fingerprint density at radius 1 is 1.50 bits per heavy atom. The van der Waals surface area contributed by atoms with Crippen molar-refractivity contribution in [3.8, 4) is 0 Å². The van der Waals surface area contributed by atoms with Crippen molar-refractivity contribution >= 4 is 23.4 Å². The quantitative estimate of drug-likeness (QED) is 0.775. The maximum Gasteiger partial charge on any atom is 0.237 e. The minimum absolute atomic E-state index is 0.178. The summed E-state index contributed by atoms with van der Waals surface area (Å²) in [6.07, 6.45) is 2.35. The molecular weight excluding hydrogens is 353 g/mol. The molecule has 2 heterocycles. The number of halogens is 1. The first-order chi connectivity index (χ1) is 12.4. The van der Waals surface area contributed by atoms with E-state index >= 15 is 0 Å². The zero-order valence-electron chi connectivity index (χ0n) is 15.3. The van der Waals surface area contributed by atoms with E-state index < -0.39 is 0 Å². The summed E-state index contributed by atoms with van der Waals surface area (Å²) in [5.41, 5.74) is 2.52. The van der Waals surface area contributed by atoms with Crippen LogP contribution in [0, 0.1) is 19.7 Å². The van der Waals surface area contributed by atoms with Gasteiger partial charge in [-0.1, -0.05) is 17.8 Å². The predicted octanol–water partition coefficient (Wildman–Crippen LogP) is 3.94. The number of amides is 1. The van der Waals surface area contributed by atoms with Crippen molar-refractivity contribution in [1.82, 2.24) is 9.55 Å². The highest BCUT2D eigenvalue weighted by molar-refractivity contribution is 8.00. The van der Waals surface area contributed by atoms with Gasteiger partial charge in [-0.25, -0.2) is 9.37 Å². The molecule has 0 saturated carbocycles. The third kappa shape index (κ3) is 4.45. The van der Waals surface area contributed by atoms with Crippen molar-refractivity contribution in [2.75, 3.05) is 11.9 Å². The van der Waals surface area contributed by atoms with E-state index in [1.165, 1.54) is 23.9 Å². The summed E-state index contributed by atoms with van der Waals surface area (Å²) in [6.45, 7) is 7.41. The zero-order chi connectivity index (χ0) is 18.7. The number of hydrogen-bond donors (Lipinski definition) is 1. The van der Waals surface area contributed by atoms with E-state index in [0.29, 0.717) is 5.69 Å². The van der Waals surface area contributed by atoms with Gasteiger partial charge in [0.2, 0.25) is 5.91 Å². The predicted molar refractivity (Wildman–Crippen MR) is 101 cm³/mol. The van der Waals surface area contributed by atoms with Crippen LogP contribution in [0.1, 0.15) is 31.2 Å². The van der Waals surface area contributed by atoms with Crippen molar-refractivity contribution in [3.05, 3.63) is 41.5 Å². The van der Waals surface area contributed by atoms with Gasteiger partial charge in [0.05, 0.1) is 23.6 Å². The van der Waals surface area contributed by atoms with Gasteiger partial charge in [-0.3, -0.25) is 4.79 Å². The second-order valence-electron chi connectivity index (χ2n) is 6.57. The first-order valence-corrected chi connectivity index (χ1v) is 9.70. The fourth-order valence-electron chi connectivity index (χ4n) is 2.94. The molecule has 1 amide bonds. The van der Waals surface area contributed by atoms with E-state index in [-0.39, 0.29) is 23.1 Å². The Labute approximate surface area is 157 Å². The molecule has 3 rings (SSSR count). The second-order valence-corrected chi connectivity index (χ2v) is 7.88. The SMILES string of the molecule is Cc1nc(SC(C)C(=O)Nc2cccc(F)c2)n(CC2CCCO2)c1C. The number of nitrogens with one attached hydrogen (secondary N) is 1. The Morgan fingerprint density at radius 2 is 2.31 bits per heavy atom. The Kier molecular flexibility index (Phi) is 5.98. The molecule has 5 nitrogen and oxygen atoms in total. The molecule has 0 radical (unpaired) electrons. The lowest BCUT2D eigenvalue weighted by Crippen LogP contribution is -2.23. The molecule has 0 aliphatic carbocycles. The lowest BCUT2D eigenvalue weighted by atomic mass is 10.2. The van der Waals surface area contributed by atoms with Crippen molar-refractivity contribution in [2.45, 2.75) is 56.7 Å². The highest BCUT2D eigenvalue weighted by Gasteiger charge is 2.23. The first kappa shape index (κ1) is 18.9. The van der Waals surface area contributed by atoms with E-state index in [4.69, 9.17) is 4.74 Å². The first-order valence-electron chi connectivity index (χ1n) is 8.82. The fraction of sp³-hybridized carbons (Fsp3) is 0.474. The average molecular weight is 377 g/mol. The number of aryl methyl sites for hydroxylation is 1. The lowest BCUT2D eigenvalue weighted by Gasteiger charge is -2.16. The Hall–Kier alpha value is -1.86. The molecule has 0 bridgehead atoms. The van der Waals surface area contributed by atoms with E-state index in [0.717, 1.165) is 42.5 Å². The molecule has 1 aromatic carbocycles. The number of carbonyl (C=O) groups is 1. The summed E-state index contributed by atoms with van der Waals surface area (Å²) in [5, 5.41) is 3.21. The summed E-state index contributed by atoms with van der Waals surface area (Å²) >= 11 is 1.41. The van der Waals surface area contributed by atoms with Crippen LogP contribution in [0.15, 0.2) is 29.4 Å². The van der Waals surface area contributed by atoms with Gasteiger partial charge in [-0.15, -0.1) is 0 Å². The van der Waals surface area contributed by atoms with Crippen LogP contribution < -0.4 is 5.32 Å². The number of thioether (sulfide) groups is 1. The van der Waals surface area contributed by atoms with Crippen LogP contribution in [0.4, 0.5) is 10.1 Å². The molecule has 26 heavy (non-hydrogen) atoms. The standard InChI is InChI=1S/C19H24FN3O2S/c1-12-13(2)23(11-17-8-5-9-25-17)19(21-12)26-14(3)18(24)22-16-7-4-6-15(20)10-16/h4,6-7,10,14,17H,5,8-9,11H2,1-3H3,(H,22,24). The van der Waals surface area contributed by atoms with Gasteiger partial charge in [0.1, 0.15) is 5.82 Å². The number of rotatable bonds is 6. The van der Waals surface area contributed by atoms with Crippen LogP contribution in [-0.2, 0) is 16.1 Å². The van der Waals surface area contributed by atoms with Crippen LogP contribution in [0.2, 0.25) is 0 Å². The molecule has 1 aromatic heterocycles. The number of nitrogens with zero attached hydrogens (tertiary/aromatic N) is 2. The van der Waals surface area contributed by atoms with E-state index in [2.05, 4.69) is 14.9 Å².